The van der Waals surface area contributed by atoms with E-state index in [1.807, 2.05) is 24.3 Å². The molecule has 0 radical (unpaired) electrons. The van der Waals surface area contributed by atoms with Gasteiger partial charge in [-0.15, -0.1) is 0 Å². The van der Waals surface area contributed by atoms with E-state index in [0.29, 0.717) is 5.75 Å². The summed E-state index contributed by atoms with van der Waals surface area (Å²) in [6.07, 6.45) is 3.65. The first-order valence-corrected chi connectivity index (χ1v) is 8.85. The molecule has 1 saturated carbocycles. The van der Waals surface area contributed by atoms with Crippen LogP contribution >= 0.6 is 0 Å². The summed E-state index contributed by atoms with van der Waals surface area (Å²) in [6.45, 7) is 2.16. The van der Waals surface area contributed by atoms with Gasteiger partial charge in [0.25, 0.3) is 0 Å². The third-order valence-electron chi connectivity index (χ3n) is 5.07. The van der Waals surface area contributed by atoms with E-state index in [0.717, 1.165) is 37.7 Å². The molecule has 2 fully saturated rings. The van der Waals surface area contributed by atoms with Crippen LogP contribution in [0, 0.1) is 11.8 Å². The number of β-amino-alcohol motifs (C(OH)–C–C–N with tert-alkyl or cyclic N) is 1. The number of likely N-dealkylation sites (tertiary alicyclic amines) is 1. The van der Waals surface area contributed by atoms with E-state index in [-0.39, 0.29) is 36.8 Å². The Kier molecular flexibility index (Phi) is 5.19. The van der Waals surface area contributed by atoms with Crippen LogP contribution in [-0.4, -0.2) is 41.1 Å². The lowest BCUT2D eigenvalue weighted by Crippen LogP contribution is -2.40. The number of rotatable bonds is 6. The van der Waals surface area contributed by atoms with Crippen molar-refractivity contribution in [3.05, 3.63) is 29.8 Å². The van der Waals surface area contributed by atoms with Gasteiger partial charge in [-0.25, -0.2) is 0 Å². The molecule has 5 heteroatoms. The maximum absolute atomic E-state index is 12.4. The third-order valence-corrected chi connectivity index (χ3v) is 5.07. The normalized spacial score (nSPS) is 24.8. The summed E-state index contributed by atoms with van der Waals surface area (Å²) in [5.41, 5.74) is 1.16. The quantitative estimate of drug-likeness (QED) is 0.811. The zero-order valence-corrected chi connectivity index (χ0v) is 14.1. The summed E-state index contributed by atoms with van der Waals surface area (Å²) in [6, 6.07) is 7.71. The average molecular weight is 331 g/mol. The Labute approximate surface area is 142 Å². The van der Waals surface area contributed by atoms with E-state index in [2.05, 4.69) is 6.92 Å². The minimum Gasteiger partial charge on any atom is -0.491 e. The molecule has 1 aliphatic heterocycles. The number of aryl methyl sites for hydroxylation is 1. The van der Waals surface area contributed by atoms with Crippen molar-refractivity contribution >= 4 is 11.8 Å². The first-order chi connectivity index (χ1) is 11.6. The van der Waals surface area contributed by atoms with Crippen LogP contribution < -0.4 is 4.74 Å². The first kappa shape index (κ1) is 17.0. The lowest BCUT2D eigenvalue weighted by Gasteiger charge is -2.19. The Morgan fingerprint density at radius 2 is 1.88 bits per heavy atom. The van der Waals surface area contributed by atoms with E-state index in [1.165, 1.54) is 4.90 Å². The SMILES string of the molecule is CCc1cccc(OCC(O)CN2C(=O)C3CCCCC3C2=O)c1. The number of hydrogen-bond donors (Lipinski definition) is 1. The molecular formula is C19H25NO4. The zero-order chi connectivity index (χ0) is 17.1. The molecule has 1 N–H and O–H groups in total. The standard InChI is InChI=1S/C19H25NO4/c1-2-13-6-5-7-15(10-13)24-12-14(21)11-20-18(22)16-8-3-4-9-17(16)19(20)23/h5-7,10,14,16-17,21H,2-4,8-9,11-12H2,1H3. The lowest BCUT2D eigenvalue weighted by atomic mass is 9.81. The second-order valence-corrected chi connectivity index (χ2v) is 6.75. The summed E-state index contributed by atoms with van der Waals surface area (Å²) >= 11 is 0. The Morgan fingerprint density at radius 3 is 2.50 bits per heavy atom. The predicted octanol–water partition coefficient (Wildman–Crippen LogP) is 2.16. The molecule has 1 aliphatic carbocycles. The second-order valence-electron chi connectivity index (χ2n) is 6.75. The zero-order valence-electron chi connectivity index (χ0n) is 14.1. The molecular weight excluding hydrogens is 306 g/mol. The molecule has 0 bridgehead atoms. The van der Waals surface area contributed by atoms with Crippen LogP contribution in [0.1, 0.15) is 38.2 Å². The number of aliphatic hydroxyl groups excluding tert-OH is 1. The fraction of sp³-hybridized carbons (Fsp3) is 0.579. The van der Waals surface area contributed by atoms with Crippen molar-refractivity contribution in [2.24, 2.45) is 11.8 Å². The van der Waals surface area contributed by atoms with Gasteiger partial charge in [0, 0.05) is 0 Å². The Balaban J connectivity index is 1.55. The van der Waals surface area contributed by atoms with Crippen molar-refractivity contribution < 1.29 is 19.4 Å². The van der Waals surface area contributed by atoms with E-state index >= 15 is 0 Å². The molecule has 1 aromatic carbocycles. The monoisotopic (exact) mass is 331 g/mol. The highest BCUT2D eigenvalue weighted by atomic mass is 16.5. The van der Waals surface area contributed by atoms with Crippen molar-refractivity contribution in [3.8, 4) is 5.75 Å². The van der Waals surface area contributed by atoms with Crippen molar-refractivity contribution in [3.63, 3.8) is 0 Å². The van der Waals surface area contributed by atoms with E-state index in [4.69, 9.17) is 4.74 Å². The van der Waals surface area contributed by atoms with E-state index in [9.17, 15) is 14.7 Å². The minimum atomic E-state index is -0.872. The number of imide groups is 1. The maximum atomic E-state index is 12.4. The number of benzene rings is 1. The molecule has 5 nitrogen and oxygen atoms in total. The fourth-order valence-corrected chi connectivity index (χ4v) is 3.72. The smallest absolute Gasteiger partial charge is 0.233 e. The number of amides is 2. The van der Waals surface area contributed by atoms with Gasteiger partial charge in [0.15, 0.2) is 0 Å². The maximum Gasteiger partial charge on any atom is 0.233 e. The van der Waals surface area contributed by atoms with Gasteiger partial charge in [0.1, 0.15) is 18.5 Å². The highest BCUT2D eigenvalue weighted by Crippen LogP contribution is 2.37. The van der Waals surface area contributed by atoms with Gasteiger partial charge in [-0.2, -0.15) is 0 Å². The van der Waals surface area contributed by atoms with Crippen LogP contribution in [0.4, 0.5) is 0 Å². The molecule has 3 unspecified atom stereocenters. The van der Waals surface area contributed by atoms with Gasteiger partial charge in [-0.1, -0.05) is 31.9 Å². The van der Waals surface area contributed by atoms with Gasteiger partial charge >= 0.3 is 0 Å². The second kappa shape index (κ2) is 7.34. The largest absolute Gasteiger partial charge is 0.491 e. The van der Waals surface area contributed by atoms with Crippen LogP contribution in [0.3, 0.4) is 0 Å². The van der Waals surface area contributed by atoms with E-state index < -0.39 is 6.10 Å². The number of ether oxygens (including phenoxy) is 1. The summed E-state index contributed by atoms with van der Waals surface area (Å²) < 4.78 is 5.61. The molecule has 0 spiro atoms. The van der Waals surface area contributed by atoms with Gasteiger partial charge in [-0.3, -0.25) is 14.5 Å². The third kappa shape index (κ3) is 3.46. The Morgan fingerprint density at radius 1 is 1.21 bits per heavy atom. The number of fused-ring (bicyclic) bond motifs is 1. The molecule has 2 amide bonds. The molecule has 1 heterocycles. The number of aliphatic hydroxyl groups is 1. The van der Waals surface area contributed by atoms with Gasteiger partial charge in [-0.05, 0) is 37.0 Å². The minimum absolute atomic E-state index is 0.0259. The predicted molar refractivity (Wildman–Crippen MR) is 89.5 cm³/mol. The molecule has 1 saturated heterocycles. The molecule has 3 atom stereocenters. The van der Waals surface area contributed by atoms with Crippen molar-refractivity contribution in [2.75, 3.05) is 13.2 Å². The van der Waals surface area contributed by atoms with Crippen molar-refractivity contribution in [1.29, 1.82) is 0 Å². The van der Waals surface area contributed by atoms with Gasteiger partial charge in [0.05, 0.1) is 18.4 Å². The summed E-state index contributed by atoms with van der Waals surface area (Å²) in [4.78, 5) is 26.0. The van der Waals surface area contributed by atoms with Crippen LogP contribution in [0.15, 0.2) is 24.3 Å². The van der Waals surface area contributed by atoms with Gasteiger partial charge < -0.3 is 9.84 Å². The molecule has 2 aliphatic rings. The molecule has 0 aromatic heterocycles. The highest BCUT2D eigenvalue weighted by Gasteiger charge is 2.48. The first-order valence-electron chi connectivity index (χ1n) is 8.85. The highest BCUT2D eigenvalue weighted by molar-refractivity contribution is 6.05. The lowest BCUT2D eigenvalue weighted by molar-refractivity contribution is -0.141. The van der Waals surface area contributed by atoms with Crippen LogP contribution in [0.5, 0.6) is 5.75 Å². The summed E-state index contributed by atoms with van der Waals surface area (Å²) in [7, 11) is 0. The Hall–Kier alpha value is -1.88. The van der Waals surface area contributed by atoms with Crippen LogP contribution in [0.2, 0.25) is 0 Å². The fourth-order valence-electron chi connectivity index (χ4n) is 3.72. The molecule has 130 valence electrons. The van der Waals surface area contributed by atoms with Crippen LogP contribution in [-0.2, 0) is 16.0 Å². The molecule has 24 heavy (non-hydrogen) atoms. The summed E-state index contributed by atoms with van der Waals surface area (Å²) in [5, 5.41) is 10.2. The van der Waals surface area contributed by atoms with Crippen molar-refractivity contribution in [2.45, 2.75) is 45.1 Å². The molecule has 3 rings (SSSR count). The van der Waals surface area contributed by atoms with Gasteiger partial charge in [0.2, 0.25) is 11.8 Å². The number of hydrogen-bond acceptors (Lipinski definition) is 4. The summed E-state index contributed by atoms with van der Waals surface area (Å²) in [5.74, 6) is 0.135. The van der Waals surface area contributed by atoms with Crippen LogP contribution in [0.25, 0.3) is 0 Å². The number of carbonyl (C=O) groups is 2. The topological polar surface area (TPSA) is 66.8 Å². The number of carbonyl (C=O) groups excluding carboxylic acids is 2. The van der Waals surface area contributed by atoms with Crippen molar-refractivity contribution in [1.82, 2.24) is 4.90 Å². The Bertz CT molecular complexity index is 591. The van der Waals surface area contributed by atoms with E-state index in [1.54, 1.807) is 0 Å². The number of nitrogens with zero attached hydrogens (tertiary/aromatic N) is 1. The average Bonchev–Trinajstić information content (AvgIpc) is 2.85. The molecule has 1 aromatic rings.